The van der Waals surface area contributed by atoms with E-state index in [0.717, 1.165) is 70.6 Å². The summed E-state index contributed by atoms with van der Waals surface area (Å²) in [4.78, 5) is 12.5. The minimum absolute atomic E-state index is 0.255. The molecule has 0 aliphatic heterocycles. The first kappa shape index (κ1) is 49.6. The molecule has 0 aromatic heterocycles. The third-order valence-electron chi connectivity index (χ3n) is 9.86. The number of amides is 1. The Morgan fingerprint density at radius 2 is 0.941 bits per heavy atom. The fourth-order valence-electron chi connectivity index (χ4n) is 6.65. The Kier molecular flexibility index (Phi) is 37.2. The molecular weight excluding hydrogens is 655 g/mol. The van der Waals surface area contributed by atoms with Crippen LogP contribution in [0.2, 0.25) is 0 Å². The van der Waals surface area contributed by atoms with Crippen molar-refractivity contribution in [2.75, 3.05) is 5.75 Å². The topological polar surface area (TPSA) is 104 Å². The number of nitrogens with one attached hydrogen (secondary N) is 1. The summed E-state index contributed by atoms with van der Waals surface area (Å²) < 4.78 is 32.6. The maximum atomic E-state index is 12.5. The van der Waals surface area contributed by atoms with Crippen molar-refractivity contribution in [3.63, 3.8) is 0 Å². The number of unbranched alkanes of at least 4 members (excludes halogenated alkanes) is 25. The number of aliphatic hydroxyl groups excluding tert-OH is 1. The number of hydrogen-bond donors (Lipinski definition) is 3. The van der Waals surface area contributed by atoms with Gasteiger partial charge in [0.05, 0.1) is 17.9 Å². The van der Waals surface area contributed by atoms with Gasteiger partial charge in [-0.05, 0) is 44.9 Å². The number of rotatable bonds is 39. The molecular formula is C44H83NO5S. The first-order valence-corrected chi connectivity index (χ1v) is 23.3. The summed E-state index contributed by atoms with van der Waals surface area (Å²) in [5, 5.41) is 13.4. The number of allylic oxidation sites excluding steroid dienone is 6. The van der Waals surface area contributed by atoms with Gasteiger partial charge in [-0.1, -0.05) is 204 Å². The lowest BCUT2D eigenvalue weighted by Gasteiger charge is -2.23. The molecule has 0 aromatic carbocycles. The highest BCUT2D eigenvalue weighted by molar-refractivity contribution is 7.85. The van der Waals surface area contributed by atoms with Crippen LogP contribution in [0.15, 0.2) is 36.5 Å². The van der Waals surface area contributed by atoms with E-state index in [-0.39, 0.29) is 5.91 Å². The van der Waals surface area contributed by atoms with Gasteiger partial charge in [0.1, 0.15) is 0 Å². The van der Waals surface area contributed by atoms with Crippen LogP contribution < -0.4 is 5.32 Å². The van der Waals surface area contributed by atoms with Gasteiger partial charge in [0.15, 0.2) is 0 Å². The highest BCUT2D eigenvalue weighted by atomic mass is 32.2. The number of carbonyl (C=O) groups is 1. The van der Waals surface area contributed by atoms with Crippen molar-refractivity contribution in [3.8, 4) is 0 Å². The van der Waals surface area contributed by atoms with E-state index in [1.165, 1.54) is 122 Å². The summed E-state index contributed by atoms with van der Waals surface area (Å²) in [6.07, 6.45) is 49.5. The molecule has 2 atom stereocenters. The average molecular weight is 738 g/mol. The maximum Gasteiger partial charge on any atom is 0.266 e. The van der Waals surface area contributed by atoms with Gasteiger partial charge < -0.3 is 10.4 Å². The highest BCUT2D eigenvalue weighted by Gasteiger charge is 2.26. The monoisotopic (exact) mass is 738 g/mol. The molecule has 0 fully saturated rings. The van der Waals surface area contributed by atoms with Crippen molar-refractivity contribution in [3.05, 3.63) is 36.5 Å². The van der Waals surface area contributed by atoms with E-state index >= 15 is 0 Å². The number of carbonyl (C=O) groups excluding carboxylic acids is 1. The van der Waals surface area contributed by atoms with E-state index in [4.69, 9.17) is 0 Å². The normalized spacial score (nSPS) is 13.6. The van der Waals surface area contributed by atoms with Crippen molar-refractivity contribution in [1.82, 2.24) is 5.32 Å². The van der Waals surface area contributed by atoms with E-state index in [1.54, 1.807) is 0 Å². The van der Waals surface area contributed by atoms with Gasteiger partial charge in [0, 0.05) is 6.42 Å². The van der Waals surface area contributed by atoms with Gasteiger partial charge in [-0.2, -0.15) is 8.42 Å². The molecule has 6 nitrogen and oxygen atoms in total. The predicted octanol–water partition coefficient (Wildman–Crippen LogP) is 12.9. The zero-order chi connectivity index (χ0) is 37.5. The van der Waals surface area contributed by atoms with Crippen LogP contribution in [-0.4, -0.2) is 41.9 Å². The molecule has 7 heteroatoms. The molecule has 2 unspecified atom stereocenters. The quantitative estimate of drug-likeness (QED) is 0.0331. The minimum atomic E-state index is -4.31. The van der Waals surface area contributed by atoms with Crippen LogP contribution in [0, 0.1) is 0 Å². The summed E-state index contributed by atoms with van der Waals surface area (Å²) in [6.45, 7) is 4.42. The third-order valence-corrected chi connectivity index (χ3v) is 10.6. The van der Waals surface area contributed by atoms with Gasteiger partial charge in [0.2, 0.25) is 5.91 Å². The highest BCUT2D eigenvalue weighted by Crippen LogP contribution is 2.16. The Balaban J connectivity index is 3.84. The SMILES string of the molecule is CC/C=C\C/C=C\C/C=C\CCCCCCCCCC(=O)NC(CS(=O)(=O)O)C(O)CCCCCCCCCCCCCCCCCCCCC. The molecule has 0 aromatic rings. The third kappa shape index (κ3) is 39.6. The zero-order valence-corrected chi connectivity index (χ0v) is 34.3. The van der Waals surface area contributed by atoms with Crippen molar-refractivity contribution in [2.45, 2.75) is 231 Å². The van der Waals surface area contributed by atoms with Crippen LogP contribution in [0.1, 0.15) is 219 Å². The standard InChI is InChI=1S/C44H83NO5S/c1-3-5-7-9-11-13-15-17-19-21-22-24-25-27-29-31-33-35-37-39-43(46)42(41-51(48,49)50)45-44(47)40-38-36-34-32-30-28-26-23-20-18-16-14-12-10-8-6-4-2/h6,8,12,14,18,20,42-43,46H,3-5,7,9-11,13,15-17,19,21-41H2,1-2H3,(H,45,47)(H,48,49,50)/b8-6-,14-12-,20-18-. The molecule has 3 N–H and O–H groups in total. The van der Waals surface area contributed by atoms with Crippen LogP contribution in [0.3, 0.4) is 0 Å². The Morgan fingerprint density at radius 1 is 0.549 bits per heavy atom. The molecule has 0 saturated carbocycles. The first-order valence-electron chi connectivity index (χ1n) is 21.7. The van der Waals surface area contributed by atoms with E-state index < -0.39 is 28.0 Å². The average Bonchev–Trinajstić information content (AvgIpc) is 3.09. The first-order chi connectivity index (χ1) is 24.8. The van der Waals surface area contributed by atoms with Gasteiger partial charge in [-0.15, -0.1) is 0 Å². The van der Waals surface area contributed by atoms with Crippen molar-refractivity contribution in [1.29, 1.82) is 0 Å². The Labute approximate surface area is 316 Å². The molecule has 1 amide bonds. The second-order valence-corrected chi connectivity index (χ2v) is 16.4. The second kappa shape index (κ2) is 38.3. The maximum absolute atomic E-state index is 12.5. The molecule has 0 saturated heterocycles. The molecule has 0 aliphatic carbocycles. The lowest BCUT2D eigenvalue weighted by Crippen LogP contribution is -2.47. The molecule has 0 spiro atoms. The zero-order valence-electron chi connectivity index (χ0n) is 33.5. The summed E-state index contributed by atoms with van der Waals surface area (Å²) in [5.41, 5.74) is 0. The van der Waals surface area contributed by atoms with E-state index in [0.29, 0.717) is 12.8 Å². The smallest absolute Gasteiger partial charge is 0.266 e. The Morgan fingerprint density at radius 3 is 1.39 bits per heavy atom. The molecule has 0 bridgehead atoms. The van der Waals surface area contributed by atoms with Gasteiger partial charge >= 0.3 is 0 Å². The molecule has 0 heterocycles. The summed E-state index contributed by atoms with van der Waals surface area (Å²) in [7, 11) is -4.31. The molecule has 0 aliphatic rings. The van der Waals surface area contributed by atoms with Crippen LogP contribution >= 0.6 is 0 Å². The molecule has 0 radical (unpaired) electrons. The van der Waals surface area contributed by atoms with Crippen LogP contribution in [-0.2, 0) is 14.9 Å². The minimum Gasteiger partial charge on any atom is -0.391 e. The largest absolute Gasteiger partial charge is 0.391 e. The second-order valence-electron chi connectivity index (χ2n) is 14.9. The van der Waals surface area contributed by atoms with Crippen LogP contribution in [0.25, 0.3) is 0 Å². The van der Waals surface area contributed by atoms with Gasteiger partial charge in [0.25, 0.3) is 10.1 Å². The van der Waals surface area contributed by atoms with Crippen molar-refractivity contribution < 1.29 is 22.9 Å². The van der Waals surface area contributed by atoms with Crippen LogP contribution in [0.4, 0.5) is 0 Å². The lowest BCUT2D eigenvalue weighted by molar-refractivity contribution is -0.122. The number of aliphatic hydroxyl groups is 1. The fraction of sp³-hybridized carbons (Fsp3) is 0.841. The van der Waals surface area contributed by atoms with E-state index in [9.17, 15) is 22.9 Å². The van der Waals surface area contributed by atoms with Crippen molar-refractivity contribution >= 4 is 16.0 Å². The number of hydrogen-bond acceptors (Lipinski definition) is 4. The van der Waals surface area contributed by atoms with Crippen molar-refractivity contribution in [2.24, 2.45) is 0 Å². The Hall–Kier alpha value is -1.44. The lowest BCUT2D eigenvalue weighted by atomic mass is 10.0. The summed E-state index contributed by atoms with van der Waals surface area (Å²) in [6, 6.07) is -0.976. The Bertz CT molecular complexity index is 945. The fourth-order valence-corrected chi connectivity index (χ4v) is 7.41. The predicted molar refractivity (Wildman–Crippen MR) is 221 cm³/mol. The summed E-state index contributed by atoms with van der Waals surface area (Å²) >= 11 is 0. The van der Waals surface area contributed by atoms with Gasteiger partial charge in [-0.3, -0.25) is 9.35 Å². The molecule has 300 valence electrons. The molecule has 0 rings (SSSR count). The van der Waals surface area contributed by atoms with Crippen LogP contribution in [0.5, 0.6) is 0 Å². The summed E-state index contributed by atoms with van der Waals surface area (Å²) in [5.74, 6) is -0.906. The van der Waals surface area contributed by atoms with E-state index in [1.807, 2.05) is 0 Å². The molecule has 51 heavy (non-hydrogen) atoms. The van der Waals surface area contributed by atoms with Gasteiger partial charge in [-0.25, -0.2) is 0 Å². The van der Waals surface area contributed by atoms with E-state index in [2.05, 4.69) is 55.6 Å².